The van der Waals surface area contributed by atoms with Gasteiger partial charge in [0.25, 0.3) is 0 Å². The van der Waals surface area contributed by atoms with Gasteiger partial charge in [0.2, 0.25) is 11.8 Å². The van der Waals surface area contributed by atoms with Crippen LogP contribution in [0.5, 0.6) is 0 Å². The van der Waals surface area contributed by atoms with E-state index in [0.29, 0.717) is 31.1 Å². The predicted molar refractivity (Wildman–Crippen MR) is 64.9 cm³/mol. The lowest BCUT2D eigenvalue weighted by Gasteiger charge is -2.22. The van der Waals surface area contributed by atoms with Gasteiger partial charge < -0.3 is 16.0 Å². The number of nitrogens with zero attached hydrogens (tertiary/aromatic N) is 1. The molecule has 1 rings (SSSR count). The van der Waals surface area contributed by atoms with Crippen LogP contribution in [0, 0.1) is 0 Å². The minimum absolute atomic E-state index is 0.0698. The molecule has 1 aliphatic rings. The van der Waals surface area contributed by atoms with E-state index in [-0.39, 0.29) is 17.9 Å². The van der Waals surface area contributed by atoms with Crippen molar-refractivity contribution in [3.05, 3.63) is 0 Å². The molecular weight excluding hydrogens is 226 g/mol. The van der Waals surface area contributed by atoms with E-state index in [1.54, 1.807) is 16.7 Å². The summed E-state index contributed by atoms with van der Waals surface area (Å²) in [5.41, 5.74) is 5.32. The first kappa shape index (κ1) is 13.3. The lowest BCUT2D eigenvalue weighted by atomic mass is 10.2. The van der Waals surface area contributed by atoms with Crippen LogP contribution >= 0.6 is 11.8 Å². The number of hydrogen-bond acceptors (Lipinski definition) is 4. The molecule has 5 nitrogen and oxygen atoms in total. The van der Waals surface area contributed by atoms with Gasteiger partial charge in [0.15, 0.2) is 0 Å². The van der Waals surface area contributed by atoms with Gasteiger partial charge in [-0.2, -0.15) is 0 Å². The van der Waals surface area contributed by atoms with Crippen LogP contribution in [0.1, 0.15) is 19.8 Å². The predicted octanol–water partition coefficient (Wildman–Crippen LogP) is -0.237. The highest BCUT2D eigenvalue weighted by molar-refractivity contribution is 7.99. The molecule has 0 aromatic carbocycles. The van der Waals surface area contributed by atoms with Gasteiger partial charge in [0.05, 0.1) is 5.88 Å². The summed E-state index contributed by atoms with van der Waals surface area (Å²) in [5.74, 6) is 1.30. The minimum atomic E-state index is -0.310. The fourth-order valence-corrected chi connectivity index (χ4v) is 2.76. The van der Waals surface area contributed by atoms with Gasteiger partial charge in [-0.25, -0.2) is 0 Å². The zero-order valence-electron chi connectivity index (χ0n) is 9.57. The average Bonchev–Trinajstić information content (AvgIpc) is 2.75. The number of nitrogens with one attached hydrogen (secondary N) is 1. The highest BCUT2D eigenvalue weighted by Crippen LogP contribution is 2.22. The maximum atomic E-state index is 11.7. The Morgan fingerprint density at radius 3 is 2.94 bits per heavy atom. The summed E-state index contributed by atoms with van der Waals surface area (Å²) in [6, 6.07) is -0.310. The SMILES string of the molecule is CCCC(=O)N1CSCC1C(=O)NCCN. The first-order valence-corrected chi connectivity index (χ1v) is 6.71. The van der Waals surface area contributed by atoms with Crippen LogP contribution in [0.15, 0.2) is 0 Å². The van der Waals surface area contributed by atoms with Gasteiger partial charge >= 0.3 is 0 Å². The molecule has 1 aliphatic heterocycles. The Kier molecular flexibility index (Phi) is 5.62. The summed E-state index contributed by atoms with van der Waals surface area (Å²) in [6.45, 7) is 2.86. The maximum Gasteiger partial charge on any atom is 0.243 e. The Morgan fingerprint density at radius 1 is 1.56 bits per heavy atom. The lowest BCUT2D eigenvalue weighted by Crippen LogP contribution is -2.48. The molecule has 0 aliphatic carbocycles. The normalized spacial score (nSPS) is 19.9. The van der Waals surface area contributed by atoms with Crippen molar-refractivity contribution in [2.45, 2.75) is 25.8 Å². The molecule has 1 atom stereocenters. The molecule has 16 heavy (non-hydrogen) atoms. The van der Waals surface area contributed by atoms with Gasteiger partial charge in [-0.3, -0.25) is 9.59 Å². The highest BCUT2D eigenvalue weighted by Gasteiger charge is 2.33. The fraction of sp³-hybridized carbons (Fsp3) is 0.800. The topological polar surface area (TPSA) is 75.4 Å². The van der Waals surface area contributed by atoms with Crippen LogP contribution in [-0.4, -0.2) is 47.5 Å². The quantitative estimate of drug-likeness (QED) is 0.701. The average molecular weight is 245 g/mol. The third kappa shape index (κ3) is 3.38. The number of hydrogen-bond donors (Lipinski definition) is 2. The largest absolute Gasteiger partial charge is 0.353 e. The van der Waals surface area contributed by atoms with Crippen molar-refractivity contribution in [2.24, 2.45) is 5.73 Å². The summed E-state index contributed by atoms with van der Waals surface area (Å²) >= 11 is 1.62. The van der Waals surface area contributed by atoms with Crippen molar-refractivity contribution < 1.29 is 9.59 Å². The van der Waals surface area contributed by atoms with Crippen molar-refractivity contribution in [3.8, 4) is 0 Å². The Balaban J connectivity index is 2.51. The van der Waals surface area contributed by atoms with Gasteiger partial charge in [0, 0.05) is 25.3 Å². The fourth-order valence-electron chi connectivity index (χ4n) is 1.58. The molecule has 0 radical (unpaired) electrons. The van der Waals surface area contributed by atoms with Crippen LogP contribution in [-0.2, 0) is 9.59 Å². The maximum absolute atomic E-state index is 11.7. The number of thioether (sulfide) groups is 1. The van der Waals surface area contributed by atoms with Gasteiger partial charge in [0.1, 0.15) is 6.04 Å². The molecule has 0 aromatic heterocycles. The molecule has 6 heteroatoms. The molecule has 0 saturated carbocycles. The Bertz CT molecular complexity index is 260. The van der Waals surface area contributed by atoms with Crippen LogP contribution < -0.4 is 11.1 Å². The Morgan fingerprint density at radius 2 is 2.31 bits per heavy atom. The van der Waals surface area contributed by atoms with E-state index in [2.05, 4.69) is 5.32 Å². The summed E-state index contributed by atoms with van der Waals surface area (Å²) in [4.78, 5) is 25.2. The first-order valence-electron chi connectivity index (χ1n) is 5.55. The summed E-state index contributed by atoms with van der Waals surface area (Å²) < 4.78 is 0. The zero-order valence-corrected chi connectivity index (χ0v) is 10.4. The smallest absolute Gasteiger partial charge is 0.243 e. The van der Waals surface area contributed by atoms with Crippen molar-refractivity contribution in [3.63, 3.8) is 0 Å². The van der Waals surface area contributed by atoms with Crippen LogP contribution in [0.25, 0.3) is 0 Å². The summed E-state index contributed by atoms with van der Waals surface area (Å²) in [6.07, 6.45) is 1.33. The van der Waals surface area contributed by atoms with Crippen molar-refractivity contribution >= 4 is 23.6 Å². The van der Waals surface area contributed by atoms with Gasteiger partial charge in [-0.1, -0.05) is 6.92 Å². The molecule has 2 amide bonds. The van der Waals surface area contributed by atoms with Crippen molar-refractivity contribution in [1.29, 1.82) is 0 Å². The van der Waals surface area contributed by atoms with E-state index in [1.807, 2.05) is 6.92 Å². The van der Waals surface area contributed by atoms with E-state index in [9.17, 15) is 9.59 Å². The summed E-state index contributed by atoms with van der Waals surface area (Å²) in [7, 11) is 0. The monoisotopic (exact) mass is 245 g/mol. The second-order valence-corrected chi connectivity index (χ2v) is 4.71. The van der Waals surface area contributed by atoms with E-state index < -0.39 is 0 Å². The molecule has 1 unspecified atom stereocenters. The molecule has 1 saturated heterocycles. The first-order chi connectivity index (χ1) is 7.70. The second-order valence-electron chi connectivity index (χ2n) is 3.71. The number of carbonyl (C=O) groups is 2. The number of rotatable bonds is 5. The lowest BCUT2D eigenvalue weighted by molar-refractivity contribution is -0.138. The van der Waals surface area contributed by atoms with E-state index in [0.717, 1.165) is 6.42 Å². The van der Waals surface area contributed by atoms with Crippen molar-refractivity contribution in [2.75, 3.05) is 24.7 Å². The number of amides is 2. The van der Waals surface area contributed by atoms with E-state index in [4.69, 9.17) is 5.73 Å². The molecule has 0 spiro atoms. The third-order valence-corrected chi connectivity index (χ3v) is 3.42. The minimum Gasteiger partial charge on any atom is -0.353 e. The van der Waals surface area contributed by atoms with Crippen molar-refractivity contribution in [1.82, 2.24) is 10.2 Å². The standard InChI is InChI=1S/C10H19N3O2S/c1-2-3-9(14)13-7-16-6-8(13)10(15)12-5-4-11/h8H,2-7,11H2,1H3,(H,12,15). The highest BCUT2D eigenvalue weighted by atomic mass is 32.2. The summed E-state index contributed by atoms with van der Waals surface area (Å²) in [5, 5.41) is 2.73. The van der Waals surface area contributed by atoms with E-state index in [1.165, 1.54) is 0 Å². The molecule has 3 N–H and O–H groups in total. The van der Waals surface area contributed by atoms with Crippen LogP contribution in [0.2, 0.25) is 0 Å². The van der Waals surface area contributed by atoms with Crippen LogP contribution in [0.3, 0.4) is 0 Å². The van der Waals surface area contributed by atoms with Gasteiger partial charge in [-0.15, -0.1) is 11.8 Å². The zero-order chi connectivity index (χ0) is 12.0. The number of carbonyl (C=O) groups excluding carboxylic acids is 2. The molecular formula is C10H19N3O2S. The molecule has 0 aromatic rings. The second kappa shape index (κ2) is 6.75. The molecule has 1 fully saturated rings. The number of nitrogens with two attached hydrogens (primary N) is 1. The third-order valence-electron chi connectivity index (χ3n) is 2.41. The van der Waals surface area contributed by atoms with E-state index >= 15 is 0 Å². The molecule has 0 bridgehead atoms. The van der Waals surface area contributed by atoms with Crippen LogP contribution in [0.4, 0.5) is 0 Å². The Hall–Kier alpha value is -0.750. The Labute approximate surface area is 100 Å². The molecule has 1 heterocycles. The molecule has 92 valence electrons. The van der Waals surface area contributed by atoms with Gasteiger partial charge in [-0.05, 0) is 6.42 Å².